The molecule has 2 aromatic carbocycles. The summed E-state index contributed by atoms with van der Waals surface area (Å²) in [6, 6.07) is 16.3. The van der Waals surface area contributed by atoms with Gasteiger partial charge < -0.3 is 10.3 Å². The number of para-hydroxylation sites is 1. The number of H-pyrrole nitrogens is 1. The minimum absolute atomic E-state index is 0.0176. The molecule has 2 N–H and O–H groups in total. The maximum atomic E-state index is 13.0. The number of nitrogens with one attached hydrogen (secondary N) is 2. The molecule has 4 heteroatoms. The van der Waals surface area contributed by atoms with Crippen LogP contribution in [0.2, 0.25) is 0 Å². The van der Waals surface area contributed by atoms with Crippen LogP contribution < -0.4 is 5.32 Å². The number of carbonyl (C=O) groups excluding carboxylic acids is 1. The van der Waals surface area contributed by atoms with Crippen LogP contribution in [0.5, 0.6) is 0 Å². The zero-order valence-electron chi connectivity index (χ0n) is 15.3. The second-order valence-corrected chi connectivity index (χ2v) is 7.44. The van der Waals surface area contributed by atoms with Gasteiger partial charge in [-0.15, -0.1) is 0 Å². The highest BCUT2D eigenvalue weighted by Crippen LogP contribution is 2.33. The fourth-order valence-electron chi connectivity index (χ4n) is 4.19. The van der Waals surface area contributed by atoms with Crippen LogP contribution in [0.15, 0.2) is 54.7 Å². The van der Waals surface area contributed by atoms with Gasteiger partial charge in [0.2, 0.25) is 5.91 Å². The standard InChI is InChI=1S/C23H21N3O/c1-14-7-9-19-17(12-14)18-13-16(8-10-20(18)25-19)23(27)26-21-6-2-4-15-5-3-11-24-22(15)21/h2-7,9,11-12,16,25H,8,10,13H2,1H3,(H,26,27). The van der Waals surface area contributed by atoms with Gasteiger partial charge in [0, 0.05) is 34.1 Å². The fraction of sp³-hybridized carbons (Fsp3) is 0.217. The molecule has 1 unspecified atom stereocenters. The van der Waals surface area contributed by atoms with E-state index in [0.717, 1.165) is 35.9 Å². The first-order chi connectivity index (χ1) is 13.2. The lowest BCUT2D eigenvalue weighted by Crippen LogP contribution is -2.28. The number of aromatic nitrogens is 2. The van der Waals surface area contributed by atoms with Gasteiger partial charge in [0.1, 0.15) is 0 Å². The molecule has 27 heavy (non-hydrogen) atoms. The lowest BCUT2D eigenvalue weighted by molar-refractivity contribution is -0.120. The summed E-state index contributed by atoms with van der Waals surface area (Å²) in [5.41, 5.74) is 6.64. The third kappa shape index (κ3) is 2.78. The quantitative estimate of drug-likeness (QED) is 0.544. The third-order valence-electron chi connectivity index (χ3n) is 5.60. The lowest BCUT2D eigenvalue weighted by Gasteiger charge is -2.22. The normalized spacial score (nSPS) is 16.4. The average Bonchev–Trinajstić information content (AvgIpc) is 3.05. The molecular weight excluding hydrogens is 334 g/mol. The second-order valence-electron chi connectivity index (χ2n) is 7.44. The van der Waals surface area contributed by atoms with Gasteiger partial charge >= 0.3 is 0 Å². The number of hydrogen-bond donors (Lipinski definition) is 2. The number of nitrogens with zero attached hydrogens (tertiary/aromatic N) is 1. The summed E-state index contributed by atoms with van der Waals surface area (Å²) in [7, 11) is 0. The van der Waals surface area contributed by atoms with Gasteiger partial charge in [-0.25, -0.2) is 0 Å². The number of amides is 1. The number of carbonyl (C=O) groups is 1. The number of benzene rings is 2. The number of hydrogen-bond acceptors (Lipinski definition) is 2. The van der Waals surface area contributed by atoms with E-state index in [1.54, 1.807) is 6.20 Å². The summed E-state index contributed by atoms with van der Waals surface area (Å²) in [5.74, 6) is 0.0665. The van der Waals surface area contributed by atoms with E-state index in [-0.39, 0.29) is 11.8 Å². The summed E-state index contributed by atoms with van der Waals surface area (Å²) in [6.07, 6.45) is 4.32. The number of fused-ring (bicyclic) bond motifs is 4. The lowest BCUT2D eigenvalue weighted by atomic mass is 9.85. The summed E-state index contributed by atoms with van der Waals surface area (Å²) in [6.45, 7) is 2.11. The van der Waals surface area contributed by atoms with Crippen LogP contribution >= 0.6 is 0 Å². The van der Waals surface area contributed by atoms with Crippen molar-refractivity contribution in [1.29, 1.82) is 0 Å². The van der Waals surface area contributed by atoms with Crippen LogP contribution in [0.3, 0.4) is 0 Å². The molecule has 4 aromatic rings. The van der Waals surface area contributed by atoms with Crippen molar-refractivity contribution < 1.29 is 4.79 Å². The predicted octanol–water partition coefficient (Wildman–Crippen LogP) is 4.77. The van der Waals surface area contributed by atoms with E-state index in [4.69, 9.17) is 0 Å². The van der Waals surface area contributed by atoms with Crippen LogP contribution in [0.1, 0.15) is 23.2 Å². The number of aromatic amines is 1. The number of rotatable bonds is 2. The Morgan fingerprint density at radius 3 is 3.00 bits per heavy atom. The van der Waals surface area contributed by atoms with Crippen molar-refractivity contribution >= 4 is 33.4 Å². The van der Waals surface area contributed by atoms with Gasteiger partial charge in [-0.2, -0.15) is 0 Å². The van der Waals surface area contributed by atoms with Crippen molar-refractivity contribution in [2.45, 2.75) is 26.2 Å². The van der Waals surface area contributed by atoms with E-state index in [1.165, 1.54) is 27.7 Å². The summed E-state index contributed by atoms with van der Waals surface area (Å²) in [5, 5.41) is 5.42. The largest absolute Gasteiger partial charge is 0.358 e. The molecule has 0 saturated carbocycles. The molecule has 1 aliphatic carbocycles. The Labute approximate surface area is 157 Å². The molecule has 0 spiro atoms. The molecule has 0 saturated heterocycles. The van der Waals surface area contributed by atoms with Crippen molar-refractivity contribution in [3.05, 3.63) is 71.5 Å². The molecule has 2 aromatic heterocycles. The molecule has 1 atom stereocenters. The summed E-state index contributed by atoms with van der Waals surface area (Å²) >= 11 is 0. The molecule has 4 nitrogen and oxygen atoms in total. The molecule has 0 aliphatic heterocycles. The highest BCUT2D eigenvalue weighted by Gasteiger charge is 2.27. The maximum absolute atomic E-state index is 13.0. The van der Waals surface area contributed by atoms with Gasteiger partial charge in [-0.3, -0.25) is 9.78 Å². The Morgan fingerprint density at radius 1 is 1.19 bits per heavy atom. The van der Waals surface area contributed by atoms with E-state index >= 15 is 0 Å². The van der Waals surface area contributed by atoms with E-state index in [1.807, 2.05) is 30.3 Å². The predicted molar refractivity (Wildman–Crippen MR) is 109 cm³/mol. The van der Waals surface area contributed by atoms with Crippen LogP contribution in [-0.2, 0) is 17.6 Å². The van der Waals surface area contributed by atoms with E-state index < -0.39 is 0 Å². The molecule has 0 bridgehead atoms. The Balaban J connectivity index is 1.43. The zero-order valence-corrected chi connectivity index (χ0v) is 15.3. The van der Waals surface area contributed by atoms with Gasteiger partial charge in [-0.05, 0) is 56.0 Å². The third-order valence-corrected chi connectivity index (χ3v) is 5.60. The Hall–Kier alpha value is -3.14. The van der Waals surface area contributed by atoms with Crippen molar-refractivity contribution in [1.82, 2.24) is 9.97 Å². The topological polar surface area (TPSA) is 57.8 Å². The second kappa shape index (κ2) is 6.23. The van der Waals surface area contributed by atoms with Gasteiger partial charge in [0.05, 0.1) is 11.2 Å². The van der Waals surface area contributed by atoms with Crippen molar-refractivity contribution in [3.63, 3.8) is 0 Å². The van der Waals surface area contributed by atoms with Crippen LogP contribution in [0.4, 0.5) is 5.69 Å². The van der Waals surface area contributed by atoms with Crippen LogP contribution in [0.25, 0.3) is 21.8 Å². The van der Waals surface area contributed by atoms with Gasteiger partial charge in [0.15, 0.2) is 0 Å². The first-order valence-corrected chi connectivity index (χ1v) is 9.44. The minimum Gasteiger partial charge on any atom is -0.358 e. The van der Waals surface area contributed by atoms with Gasteiger partial charge in [0.25, 0.3) is 0 Å². The molecule has 2 heterocycles. The highest BCUT2D eigenvalue weighted by atomic mass is 16.1. The first kappa shape index (κ1) is 16.1. The highest BCUT2D eigenvalue weighted by molar-refractivity contribution is 6.01. The van der Waals surface area contributed by atoms with Crippen molar-refractivity contribution in [3.8, 4) is 0 Å². The van der Waals surface area contributed by atoms with E-state index in [2.05, 4.69) is 40.4 Å². The van der Waals surface area contributed by atoms with Crippen LogP contribution in [0, 0.1) is 12.8 Å². The summed E-state index contributed by atoms with van der Waals surface area (Å²) in [4.78, 5) is 21.0. The SMILES string of the molecule is Cc1ccc2[nH]c3c(c2c1)CC(C(=O)Nc1cccc2cccnc12)CC3. The Morgan fingerprint density at radius 2 is 2.07 bits per heavy atom. The van der Waals surface area contributed by atoms with E-state index in [9.17, 15) is 4.79 Å². The van der Waals surface area contributed by atoms with Gasteiger partial charge in [-0.1, -0.05) is 29.8 Å². The molecule has 1 amide bonds. The first-order valence-electron chi connectivity index (χ1n) is 9.44. The minimum atomic E-state index is -0.0176. The van der Waals surface area contributed by atoms with E-state index in [0.29, 0.717) is 0 Å². The Kier molecular flexibility index (Phi) is 3.71. The van der Waals surface area contributed by atoms with Crippen LogP contribution in [-0.4, -0.2) is 15.9 Å². The Bertz CT molecular complexity index is 1170. The average molecular weight is 355 g/mol. The van der Waals surface area contributed by atoms with Crippen molar-refractivity contribution in [2.24, 2.45) is 5.92 Å². The molecule has 0 fully saturated rings. The molecular formula is C23H21N3O. The molecule has 5 rings (SSSR count). The number of pyridine rings is 1. The number of aryl methyl sites for hydroxylation is 2. The smallest absolute Gasteiger partial charge is 0.227 e. The monoisotopic (exact) mass is 355 g/mol. The molecule has 1 aliphatic rings. The fourth-order valence-corrected chi connectivity index (χ4v) is 4.19. The molecule has 0 radical (unpaired) electrons. The van der Waals surface area contributed by atoms with Crippen molar-refractivity contribution in [2.75, 3.05) is 5.32 Å². The summed E-state index contributed by atoms with van der Waals surface area (Å²) < 4.78 is 0. The molecule has 134 valence electrons. The maximum Gasteiger partial charge on any atom is 0.227 e. The number of anilines is 1. The zero-order chi connectivity index (χ0) is 18.4.